The molecule has 3 rings (SSSR count). The van der Waals surface area contributed by atoms with Crippen LogP contribution in [-0.4, -0.2) is 68.7 Å². The van der Waals surface area contributed by atoms with Crippen molar-refractivity contribution in [1.29, 1.82) is 0 Å². The van der Waals surface area contributed by atoms with Crippen LogP contribution in [0.2, 0.25) is 0 Å². The smallest absolute Gasteiger partial charge is 0.254 e. The van der Waals surface area contributed by atoms with Crippen molar-refractivity contribution in [3.05, 3.63) is 81.0 Å². The number of hydrogen-bond acceptors (Lipinski definition) is 6. The summed E-state index contributed by atoms with van der Waals surface area (Å²) in [5, 5.41) is 0. The topological polar surface area (TPSA) is 68.3 Å². The number of benzene rings is 2. The fourth-order valence-corrected chi connectivity index (χ4v) is 5.65. The highest BCUT2D eigenvalue weighted by molar-refractivity contribution is 7.11. The number of aryl methyl sites for hydroxylation is 2. The fraction of sp³-hybridized carbons (Fsp3) is 0.471. The minimum atomic E-state index is -0.131. The Balaban J connectivity index is 1.78. The summed E-state index contributed by atoms with van der Waals surface area (Å²) in [7, 11) is 3.23. The highest BCUT2D eigenvalue weighted by atomic mass is 32.1. The molecule has 0 unspecified atom stereocenters. The van der Waals surface area contributed by atoms with E-state index >= 15 is 0 Å². The zero-order valence-electron chi connectivity index (χ0n) is 25.8. The van der Waals surface area contributed by atoms with E-state index in [2.05, 4.69) is 26.0 Å². The number of methoxy groups -OCH3 is 2. The molecule has 0 saturated carbocycles. The van der Waals surface area contributed by atoms with Gasteiger partial charge in [0.2, 0.25) is 5.91 Å². The predicted octanol–water partition coefficient (Wildman–Crippen LogP) is 6.56. The second kappa shape index (κ2) is 17.6. The summed E-state index contributed by atoms with van der Waals surface area (Å²) in [6.45, 7) is 8.83. The van der Waals surface area contributed by atoms with Gasteiger partial charge in [-0.25, -0.2) is 0 Å². The van der Waals surface area contributed by atoms with Crippen LogP contribution in [0.3, 0.4) is 0 Å². The van der Waals surface area contributed by atoms with Crippen molar-refractivity contribution >= 4 is 23.2 Å². The number of ether oxygens (including phenoxy) is 3. The van der Waals surface area contributed by atoms with Crippen LogP contribution < -0.4 is 9.47 Å². The second-order valence-electron chi connectivity index (χ2n) is 10.3. The highest BCUT2D eigenvalue weighted by Gasteiger charge is 2.23. The van der Waals surface area contributed by atoms with Crippen LogP contribution >= 0.6 is 11.3 Å². The number of carbonyl (C=O) groups is 2. The lowest BCUT2D eigenvalue weighted by atomic mass is 10.1. The fourth-order valence-electron chi connectivity index (χ4n) is 4.75. The van der Waals surface area contributed by atoms with Crippen LogP contribution in [0.5, 0.6) is 11.5 Å². The first-order valence-corrected chi connectivity index (χ1v) is 15.7. The number of hydrogen-bond donors (Lipinski definition) is 0. The van der Waals surface area contributed by atoms with E-state index in [-0.39, 0.29) is 18.4 Å². The largest absolute Gasteiger partial charge is 0.493 e. The summed E-state index contributed by atoms with van der Waals surface area (Å²) in [5.41, 5.74) is 2.87. The third-order valence-electron chi connectivity index (χ3n) is 7.17. The Morgan fingerprint density at radius 2 is 1.55 bits per heavy atom. The van der Waals surface area contributed by atoms with Gasteiger partial charge < -0.3 is 24.0 Å². The molecule has 7 nitrogen and oxygen atoms in total. The van der Waals surface area contributed by atoms with E-state index in [1.807, 2.05) is 54.3 Å². The molecular formula is C34H46N2O5S. The first-order chi connectivity index (χ1) is 20.4. The molecule has 0 spiro atoms. The molecule has 42 heavy (non-hydrogen) atoms. The average Bonchev–Trinajstić information content (AvgIpc) is 3.43. The molecule has 0 N–H and O–H groups in total. The van der Waals surface area contributed by atoms with Crippen LogP contribution in [0, 0.1) is 6.92 Å². The lowest BCUT2D eigenvalue weighted by Gasteiger charge is -2.28. The van der Waals surface area contributed by atoms with Crippen LogP contribution in [0.15, 0.2) is 54.6 Å². The quantitative estimate of drug-likeness (QED) is 0.156. The minimum Gasteiger partial charge on any atom is -0.493 e. The Bertz CT molecular complexity index is 1260. The number of amides is 2. The number of nitrogens with zero attached hydrogens (tertiary/aromatic N) is 2. The van der Waals surface area contributed by atoms with Crippen LogP contribution in [0.4, 0.5) is 0 Å². The summed E-state index contributed by atoms with van der Waals surface area (Å²) in [6.07, 6.45) is 4.56. The molecular weight excluding hydrogens is 548 g/mol. The van der Waals surface area contributed by atoms with Gasteiger partial charge in [0.1, 0.15) is 6.54 Å². The molecule has 2 amide bonds. The molecule has 0 saturated heterocycles. The van der Waals surface area contributed by atoms with Gasteiger partial charge in [-0.1, -0.05) is 31.5 Å². The average molecular weight is 595 g/mol. The summed E-state index contributed by atoms with van der Waals surface area (Å²) >= 11 is 1.69. The van der Waals surface area contributed by atoms with Crippen molar-refractivity contribution in [2.75, 3.05) is 47.1 Å². The van der Waals surface area contributed by atoms with Crippen molar-refractivity contribution in [3.63, 3.8) is 0 Å². The van der Waals surface area contributed by atoms with Crippen molar-refractivity contribution in [2.45, 2.75) is 59.4 Å². The summed E-state index contributed by atoms with van der Waals surface area (Å²) in [6, 6.07) is 17.8. The Kier molecular flexibility index (Phi) is 13.9. The standard InChI is InChI=1S/C34H46N2O5S/c1-6-8-10-27-12-15-29(16-13-27)34(38)36(20-9-22-41-7-2)25-33(37)35(24-30-17-11-26(3)42-30)21-19-28-14-18-31(39-4)32(23-28)40-5/h11-18,23H,6-10,19-22,24-25H2,1-5H3. The van der Waals surface area contributed by atoms with Crippen LogP contribution in [0.25, 0.3) is 0 Å². The van der Waals surface area contributed by atoms with Gasteiger partial charge >= 0.3 is 0 Å². The monoisotopic (exact) mass is 594 g/mol. The molecule has 0 aliphatic rings. The van der Waals surface area contributed by atoms with E-state index < -0.39 is 0 Å². The first kappa shape index (κ1) is 33.1. The third kappa shape index (κ3) is 10.2. The third-order valence-corrected chi connectivity index (χ3v) is 8.15. The number of unbranched alkanes of at least 4 members (excludes halogenated alkanes) is 1. The molecule has 0 radical (unpaired) electrons. The van der Waals surface area contributed by atoms with E-state index in [0.29, 0.717) is 62.8 Å². The van der Waals surface area contributed by atoms with Gasteiger partial charge in [0.25, 0.3) is 5.91 Å². The van der Waals surface area contributed by atoms with E-state index in [4.69, 9.17) is 14.2 Å². The van der Waals surface area contributed by atoms with E-state index in [1.165, 1.54) is 10.4 Å². The zero-order valence-corrected chi connectivity index (χ0v) is 26.6. The maximum atomic E-state index is 13.9. The van der Waals surface area contributed by atoms with Crippen LogP contribution in [-0.2, 0) is 28.9 Å². The first-order valence-electron chi connectivity index (χ1n) is 14.9. The number of rotatable bonds is 18. The van der Waals surface area contributed by atoms with Gasteiger partial charge in [-0.3, -0.25) is 9.59 Å². The van der Waals surface area contributed by atoms with Crippen molar-refractivity contribution in [3.8, 4) is 11.5 Å². The Morgan fingerprint density at radius 3 is 2.19 bits per heavy atom. The molecule has 0 aliphatic heterocycles. The van der Waals surface area contributed by atoms with Gasteiger partial charge in [0, 0.05) is 41.6 Å². The molecule has 3 aromatic rings. The summed E-state index contributed by atoms with van der Waals surface area (Å²) in [5.74, 6) is 1.12. The minimum absolute atomic E-state index is 0.0127. The van der Waals surface area contributed by atoms with E-state index in [9.17, 15) is 9.59 Å². The van der Waals surface area contributed by atoms with Gasteiger partial charge in [0.15, 0.2) is 11.5 Å². The Hall–Kier alpha value is -3.36. The number of thiophene rings is 1. The normalized spacial score (nSPS) is 10.9. The summed E-state index contributed by atoms with van der Waals surface area (Å²) in [4.78, 5) is 33.4. The maximum Gasteiger partial charge on any atom is 0.254 e. The second-order valence-corrected chi connectivity index (χ2v) is 11.7. The zero-order chi connectivity index (χ0) is 30.3. The SMILES string of the molecule is CCCCc1ccc(C(=O)N(CCCOCC)CC(=O)N(CCc2ccc(OC)c(OC)c2)Cc2ccc(C)s2)cc1. The van der Waals surface area contributed by atoms with E-state index in [1.54, 1.807) is 30.5 Å². The molecule has 0 atom stereocenters. The molecule has 8 heteroatoms. The van der Waals surface area contributed by atoms with Crippen molar-refractivity contribution in [1.82, 2.24) is 9.80 Å². The molecule has 1 heterocycles. The maximum absolute atomic E-state index is 13.9. The molecule has 2 aromatic carbocycles. The van der Waals surface area contributed by atoms with Crippen molar-refractivity contribution < 1.29 is 23.8 Å². The molecule has 0 fully saturated rings. The molecule has 0 bridgehead atoms. The Morgan fingerprint density at radius 1 is 0.810 bits per heavy atom. The highest BCUT2D eigenvalue weighted by Crippen LogP contribution is 2.28. The molecule has 0 aliphatic carbocycles. The van der Waals surface area contributed by atoms with Crippen molar-refractivity contribution in [2.24, 2.45) is 0 Å². The van der Waals surface area contributed by atoms with E-state index in [0.717, 1.165) is 29.7 Å². The lowest BCUT2D eigenvalue weighted by Crippen LogP contribution is -2.44. The van der Waals surface area contributed by atoms with Gasteiger partial charge in [-0.05, 0) is 87.1 Å². The molecule has 1 aromatic heterocycles. The van der Waals surface area contributed by atoms with Gasteiger partial charge in [-0.2, -0.15) is 0 Å². The summed E-state index contributed by atoms with van der Waals surface area (Å²) < 4.78 is 16.4. The molecule has 228 valence electrons. The Labute approximate surface area is 255 Å². The van der Waals surface area contributed by atoms with Gasteiger partial charge in [-0.15, -0.1) is 11.3 Å². The predicted molar refractivity (Wildman–Crippen MR) is 170 cm³/mol. The van der Waals surface area contributed by atoms with Gasteiger partial charge in [0.05, 0.1) is 20.8 Å². The lowest BCUT2D eigenvalue weighted by molar-refractivity contribution is -0.132. The number of carbonyl (C=O) groups excluding carboxylic acids is 2. The van der Waals surface area contributed by atoms with Crippen LogP contribution in [0.1, 0.15) is 64.3 Å².